The predicted molar refractivity (Wildman–Crippen MR) is 75.8 cm³/mol. The number of nitrogens with zero attached hydrogens (tertiary/aromatic N) is 1. The molecule has 0 spiro atoms. The van der Waals surface area contributed by atoms with E-state index >= 15 is 0 Å². The third-order valence-corrected chi connectivity index (χ3v) is 2.92. The summed E-state index contributed by atoms with van der Waals surface area (Å²) in [6, 6.07) is 11.2. The van der Waals surface area contributed by atoms with Gasteiger partial charge in [-0.25, -0.2) is 0 Å². The molecule has 0 atom stereocenters. The van der Waals surface area contributed by atoms with Gasteiger partial charge in [-0.3, -0.25) is 14.9 Å². The lowest BCUT2D eigenvalue weighted by atomic mass is 10.2. The Morgan fingerprint density at radius 2 is 1.95 bits per heavy atom. The first-order valence-electron chi connectivity index (χ1n) is 6.14. The molecule has 0 aliphatic carbocycles. The van der Waals surface area contributed by atoms with Crippen LogP contribution >= 0.6 is 0 Å². The Kier molecular flexibility index (Phi) is 4.50. The molecule has 0 saturated carbocycles. The van der Waals surface area contributed by atoms with Gasteiger partial charge in [-0.2, -0.15) is 0 Å². The first kappa shape index (κ1) is 14.5. The molecule has 0 aromatic heterocycles. The number of carbonyl (C=O) groups is 1. The van der Waals surface area contributed by atoms with Gasteiger partial charge in [-0.05, 0) is 18.2 Å². The quantitative estimate of drug-likeness (QED) is 0.463. The van der Waals surface area contributed by atoms with Gasteiger partial charge in [0.1, 0.15) is 6.61 Å². The minimum atomic E-state index is -0.471. The summed E-state index contributed by atoms with van der Waals surface area (Å²) in [7, 11) is 1.46. The molecule has 0 N–H and O–H groups in total. The topological polar surface area (TPSA) is 78.7 Å². The Labute approximate surface area is 121 Å². The van der Waals surface area contributed by atoms with Gasteiger partial charge in [0, 0.05) is 6.07 Å². The van der Waals surface area contributed by atoms with Gasteiger partial charge in [0.2, 0.25) is 0 Å². The third kappa shape index (κ3) is 3.17. The monoisotopic (exact) mass is 287 g/mol. The van der Waals surface area contributed by atoms with Crippen LogP contribution in [0.25, 0.3) is 0 Å². The number of hydrogen-bond acceptors (Lipinski definition) is 5. The molecule has 6 nitrogen and oxygen atoms in total. The van der Waals surface area contributed by atoms with Crippen molar-refractivity contribution in [1.82, 2.24) is 0 Å². The third-order valence-electron chi connectivity index (χ3n) is 2.92. The molecule has 0 amide bonds. The maximum atomic E-state index is 11.0. The van der Waals surface area contributed by atoms with E-state index < -0.39 is 4.92 Å². The molecular weight excluding hydrogens is 274 g/mol. The fourth-order valence-electron chi connectivity index (χ4n) is 1.90. The molecule has 2 aromatic rings. The van der Waals surface area contributed by atoms with E-state index in [1.54, 1.807) is 36.4 Å². The van der Waals surface area contributed by atoms with Gasteiger partial charge in [-0.15, -0.1) is 0 Å². The maximum Gasteiger partial charge on any atom is 0.276 e. The number of carbonyl (C=O) groups excluding carboxylic acids is 1. The average Bonchev–Trinajstić information content (AvgIpc) is 2.52. The number of ether oxygens (including phenoxy) is 2. The number of benzene rings is 2. The van der Waals surface area contributed by atoms with Crippen LogP contribution in [0.3, 0.4) is 0 Å². The van der Waals surface area contributed by atoms with Gasteiger partial charge in [-0.1, -0.05) is 18.2 Å². The van der Waals surface area contributed by atoms with Crippen molar-refractivity contribution in [2.24, 2.45) is 0 Å². The molecule has 0 radical (unpaired) electrons. The van der Waals surface area contributed by atoms with Crippen LogP contribution in [-0.2, 0) is 6.61 Å². The highest BCUT2D eigenvalue weighted by Gasteiger charge is 2.15. The van der Waals surface area contributed by atoms with Crippen molar-refractivity contribution < 1.29 is 19.2 Å². The SMILES string of the molecule is COc1cccc(C=O)c1OCc1ccccc1[N+](=O)[O-]. The second-order valence-corrected chi connectivity index (χ2v) is 4.17. The molecule has 0 saturated heterocycles. The van der Waals surface area contributed by atoms with E-state index in [0.29, 0.717) is 23.2 Å². The standard InChI is InChI=1S/C15H13NO5/c1-20-14-8-4-6-11(9-17)15(14)21-10-12-5-2-3-7-13(12)16(18)19/h2-9H,10H2,1H3. The predicted octanol–water partition coefficient (Wildman–Crippen LogP) is 2.99. The number of aldehydes is 1. The summed E-state index contributed by atoms with van der Waals surface area (Å²) in [4.78, 5) is 21.5. The zero-order chi connectivity index (χ0) is 15.2. The summed E-state index contributed by atoms with van der Waals surface area (Å²) in [5.74, 6) is 0.673. The van der Waals surface area contributed by atoms with E-state index in [1.807, 2.05) is 0 Å². The van der Waals surface area contributed by atoms with Crippen LogP contribution in [-0.4, -0.2) is 18.3 Å². The van der Waals surface area contributed by atoms with E-state index in [-0.39, 0.29) is 18.0 Å². The largest absolute Gasteiger partial charge is 0.493 e. The van der Waals surface area contributed by atoms with Crippen LogP contribution in [0, 0.1) is 10.1 Å². The summed E-state index contributed by atoms with van der Waals surface area (Å²) >= 11 is 0. The highest BCUT2D eigenvalue weighted by Crippen LogP contribution is 2.31. The zero-order valence-electron chi connectivity index (χ0n) is 11.3. The number of methoxy groups -OCH3 is 1. The van der Waals surface area contributed by atoms with Gasteiger partial charge in [0.05, 0.1) is 23.2 Å². The number of nitro groups is 1. The van der Waals surface area contributed by atoms with Crippen molar-refractivity contribution in [3.05, 3.63) is 63.7 Å². The van der Waals surface area contributed by atoms with Crippen molar-refractivity contribution in [3.8, 4) is 11.5 Å². The van der Waals surface area contributed by atoms with Crippen LogP contribution in [0.5, 0.6) is 11.5 Å². The van der Waals surface area contributed by atoms with Crippen LogP contribution in [0.4, 0.5) is 5.69 Å². The highest BCUT2D eigenvalue weighted by molar-refractivity contribution is 5.81. The number of para-hydroxylation sites is 2. The minimum Gasteiger partial charge on any atom is -0.493 e. The molecule has 0 aliphatic rings. The highest BCUT2D eigenvalue weighted by atomic mass is 16.6. The van der Waals surface area contributed by atoms with Crippen molar-refractivity contribution in [3.63, 3.8) is 0 Å². The number of rotatable bonds is 6. The van der Waals surface area contributed by atoms with E-state index in [0.717, 1.165) is 0 Å². The van der Waals surface area contributed by atoms with Crippen molar-refractivity contribution in [2.45, 2.75) is 6.61 Å². The lowest BCUT2D eigenvalue weighted by molar-refractivity contribution is -0.385. The summed E-state index contributed by atoms with van der Waals surface area (Å²) < 4.78 is 10.7. The van der Waals surface area contributed by atoms with E-state index in [2.05, 4.69) is 0 Å². The van der Waals surface area contributed by atoms with Crippen LogP contribution < -0.4 is 9.47 Å². The fourth-order valence-corrected chi connectivity index (χ4v) is 1.90. The molecule has 0 heterocycles. The average molecular weight is 287 g/mol. The Morgan fingerprint density at radius 1 is 1.19 bits per heavy atom. The van der Waals surface area contributed by atoms with Gasteiger partial charge in [0.25, 0.3) is 5.69 Å². The zero-order valence-corrected chi connectivity index (χ0v) is 11.3. The second-order valence-electron chi connectivity index (χ2n) is 4.17. The molecule has 2 rings (SSSR count). The lowest BCUT2D eigenvalue weighted by Gasteiger charge is -2.12. The summed E-state index contributed by atoms with van der Waals surface area (Å²) in [6.45, 7) is -0.0294. The van der Waals surface area contributed by atoms with Crippen LogP contribution in [0.2, 0.25) is 0 Å². The maximum absolute atomic E-state index is 11.0. The molecule has 108 valence electrons. The number of hydrogen-bond donors (Lipinski definition) is 0. The second kappa shape index (κ2) is 6.51. The molecule has 0 unspecified atom stereocenters. The van der Waals surface area contributed by atoms with Crippen molar-refractivity contribution >= 4 is 12.0 Å². The molecule has 2 aromatic carbocycles. The van der Waals surface area contributed by atoms with Crippen LogP contribution in [0.1, 0.15) is 15.9 Å². The molecule has 0 fully saturated rings. The van der Waals surface area contributed by atoms with Gasteiger partial charge in [0.15, 0.2) is 17.8 Å². The van der Waals surface area contributed by atoms with Gasteiger partial charge >= 0.3 is 0 Å². The van der Waals surface area contributed by atoms with Crippen molar-refractivity contribution in [1.29, 1.82) is 0 Å². The van der Waals surface area contributed by atoms with Crippen molar-refractivity contribution in [2.75, 3.05) is 7.11 Å². The molecular formula is C15H13NO5. The molecule has 0 aliphatic heterocycles. The first-order valence-corrected chi connectivity index (χ1v) is 6.14. The lowest BCUT2D eigenvalue weighted by Crippen LogP contribution is -2.03. The van der Waals surface area contributed by atoms with Crippen LogP contribution in [0.15, 0.2) is 42.5 Å². The summed E-state index contributed by atoms with van der Waals surface area (Å²) in [5.41, 5.74) is 0.721. The minimum absolute atomic E-state index is 0.0277. The first-order chi connectivity index (χ1) is 10.2. The Hall–Kier alpha value is -2.89. The van der Waals surface area contributed by atoms with E-state index in [1.165, 1.54) is 13.2 Å². The van der Waals surface area contributed by atoms with E-state index in [9.17, 15) is 14.9 Å². The normalized spacial score (nSPS) is 9.95. The molecule has 21 heavy (non-hydrogen) atoms. The van der Waals surface area contributed by atoms with E-state index in [4.69, 9.17) is 9.47 Å². The molecule has 6 heteroatoms. The Morgan fingerprint density at radius 3 is 2.62 bits per heavy atom. The van der Waals surface area contributed by atoms with Gasteiger partial charge < -0.3 is 9.47 Å². The molecule has 0 bridgehead atoms. The summed E-state index contributed by atoms with van der Waals surface area (Å²) in [5, 5.41) is 10.9. The Bertz CT molecular complexity index is 669. The fraction of sp³-hybridized carbons (Fsp3) is 0.133. The Balaban J connectivity index is 2.29. The smallest absolute Gasteiger partial charge is 0.276 e. The summed E-state index contributed by atoms with van der Waals surface area (Å²) in [6.07, 6.45) is 0.650. The number of nitro benzene ring substituents is 1.